The maximum atomic E-state index is 12.3. The molecule has 116 valence electrons. The van der Waals surface area contributed by atoms with Crippen LogP contribution in [0.4, 0.5) is 4.79 Å². The summed E-state index contributed by atoms with van der Waals surface area (Å²) in [6.07, 6.45) is 2.68. The fourth-order valence-corrected chi connectivity index (χ4v) is 2.71. The van der Waals surface area contributed by atoms with Gasteiger partial charge in [-0.15, -0.1) is 0 Å². The Morgan fingerprint density at radius 2 is 1.95 bits per heavy atom. The summed E-state index contributed by atoms with van der Waals surface area (Å²) < 4.78 is 0. The summed E-state index contributed by atoms with van der Waals surface area (Å²) in [6.45, 7) is 0.341. The first-order valence-electron chi connectivity index (χ1n) is 7.02. The molecule has 0 spiro atoms. The Bertz CT molecular complexity index is 478. The van der Waals surface area contributed by atoms with Crippen molar-refractivity contribution in [1.29, 1.82) is 0 Å². The highest BCUT2D eigenvalue weighted by molar-refractivity contribution is 6.06. The Labute approximate surface area is 122 Å². The van der Waals surface area contributed by atoms with Gasteiger partial charge in [0.1, 0.15) is 12.1 Å². The van der Waals surface area contributed by atoms with E-state index in [1.165, 1.54) is 11.9 Å². The van der Waals surface area contributed by atoms with Crippen LogP contribution in [0.1, 0.15) is 32.1 Å². The minimum absolute atomic E-state index is 0.0767. The Morgan fingerprint density at radius 1 is 1.24 bits per heavy atom. The van der Waals surface area contributed by atoms with Gasteiger partial charge in [-0.3, -0.25) is 14.5 Å². The van der Waals surface area contributed by atoms with Crippen LogP contribution in [0.2, 0.25) is 0 Å². The summed E-state index contributed by atoms with van der Waals surface area (Å²) >= 11 is 0. The van der Waals surface area contributed by atoms with Crippen LogP contribution in [0, 0.1) is 0 Å². The van der Waals surface area contributed by atoms with Gasteiger partial charge in [-0.1, -0.05) is 12.8 Å². The zero-order chi connectivity index (χ0) is 15.6. The van der Waals surface area contributed by atoms with Crippen LogP contribution in [-0.4, -0.2) is 64.4 Å². The molecule has 0 aromatic carbocycles. The van der Waals surface area contributed by atoms with Crippen LogP contribution >= 0.6 is 0 Å². The fraction of sp³-hybridized carbons (Fsp3) is 0.692. The lowest BCUT2D eigenvalue weighted by molar-refractivity contribution is -0.142. The van der Waals surface area contributed by atoms with E-state index in [-0.39, 0.29) is 12.3 Å². The molecule has 2 fully saturated rings. The predicted octanol–water partition coefficient (Wildman–Crippen LogP) is -0.217. The van der Waals surface area contributed by atoms with Crippen LogP contribution in [-0.2, 0) is 14.4 Å². The van der Waals surface area contributed by atoms with Crippen LogP contribution in [0.5, 0.6) is 0 Å². The number of likely N-dealkylation sites (N-methyl/N-ethyl adjacent to an activating group) is 1. The number of nitrogens with zero attached hydrogens (tertiary/aromatic N) is 2. The van der Waals surface area contributed by atoms with Crippen molar-refractivity contribution < 1.29 is 24.3 Å². The van der Waals surface area contributed by atoms with Gasteiger partial charge in [-0.25, -0.2) is 9.59 Å². The van der Waals surface area contributed by atoms with E-state index >= 15 is 0 Å². The number of carboxylic acids is 1. The number of rotatable bonds is 2. The molecule has 0 aliphatic carbocycles. The highest BCUT2D eigenvalue weighted by Gasteiger charge is 2.39. The standard InChI is InChI=1S/C13H19N3O5/c1-15-10(17)7-8(11(15)18)14-13(21)16-6-4-2-3-5-9(16)12(19)20/h8-9H,2-7H2,1H3,(H,14,21)(H,19,20). The van der Waals surface area contributed by atoms with E-state index in [1.807, 2.05) is 0 Å². The molecule has 2 N–H and O–H groups in total. The van der Waals surface area contributed by atoms with E-state index in [0.29, 0.717) is 13.0 Å². The topological polar surface area (TPSA) is 107 Å². The van der Waals surface area contributed by atoms with E-state index < -0.39 is 30.0 Å². The number of carbonyl (C=O) groups excluding carboxylic acids is 3. The van der Waals surface area contributed by atoms with Gasteiger partial charge in [0, 0.05) is 13.6 Å². The van der Waals surface area contributed by atoms with Crippen LogP contribution < -0.4 is 5.32 Å². The number of aliphatic carboxylic acids is 1. The molecule has 2 atom stereocenters. The van der Waals surface area contributed by atoms with Gasteiger partial charge in [0.05, 0.1) is 6.42 Å². The third-order valence-electron chi connectivity index (χ3n) is 3.98. The average molecular weight is 297 g/mol. The molecule has 2 unspecified atom stereocenters. The van der Waals surface area contributed by atoms with Gasteiger partial charge < -0.3 is 15.3 Å². The van der Waals surface area contributed by atoms with E-state index in [1.54, 1.807) is 0 Å². The minimum atomic E-state index is -1.04. The Hall–Kier alpha value is -2.12. The smallest absolute Gasteiger partial charge is 0.326 e. The quantitative estimate of drug-likeness (QED) is 0.685. The molecule has 0 saturated carbocycles. The van der Waals surface area contributed by atoms with Crippen molar-refractivity contribution in [2.75, 3.05) is 13.6 Å². The number of hydrogen-bond donors (Lipinski definition) is 2. The molecule has 2 saturated heterocycles. The number of carboxylic acid groups (broad SMARTS) is 1. The molecule has 0 bridgehead atoms. The molecule has 2 aliphatic rings. The zero-order valence-corrected chi connectivity index (χ0v) is 11.9. The Balaban J connectivity index is 2.05. The first-order valence-corrected chi connectivity index (χ1v) is 7.02. The first kappa shape index (κ1) is 15.3. The maximum absolute atomic E-state index is 12.3. The lowest BCUT2D eigenvalue weighted by Gasteiger charge is -2.28. The predicted molar refractivity (Wildman–Crippen MR) is 71.3 cm³/mol. The normalized spacial score (nSPS) is 26.7. The van der Waals surface area contributed by atoms with Crippen molar-refractivity contribution in [2.24, 2.45) is 0 Å². The number of amides is 4. The molecule has 2 rings (SSSR count). The largest absolute Gasteiger partial charge is 0.480 e. The summed E-state index contributed by atoms with van der Waals surface area (Å²) in [6, 6.07) is -2.36. The van der Waals surface area contributed by atoms with Crippen LogP contribution in [0.3, 0.4) is 0 Å². The second-order valence-electron chi connectivity index (χ2n) is 5.39. The minimum Gasteiger partial charge on any atom is -0.480 e. The molecule has 21 heavy (non-hydrogen) atoms. The van der Waals surface area contributed by atoms with Gasteiger partial charge in [0.15, 0.2) is 0 Å². The Kier molecular flexibility index (Phi) is 4.44. The Morgan fingerprint density at radius 3 is 2.52 bits per heavy atom. The molecule has 0 radical (unpaired) electrons. The number of nitrogens with one attached hydrogen (secondary N) is 1. The van der Waals surface area contributed by atoms with Gasteiger partial charge in [0.2, 0.25) is 5.91 Å². The molecule has 2 aliphatic heterocycles. The molecular weight excluding hydrogens is 278 g/mol. The summed E-state index contributed by atoms with van der Waals surface area (Å²) in [4.78, 5) is 49.0. The second kappa shape index (κ2) is 6.11. The molecule has 4 amide bonds. The maximum Gasteiger partial charge on any atom is 0.326 e. The molecule has 0 aromatic rings. The highest BCUT2D eigenvalue weighted by Crippen LogP contribution is 2.18. The average Bonchev–Trinajstić information content (AvgIpc) is 2.66. The zero-order valence-electron chi connectivity index (χ0n) is 11.9. The summed E-state index contributed by atoms with van der Waals surface area (Å²) in [5.41, 5.74) is 0. The van der Waals surface area contributed by atoms with E-state index in [4.69, 9.17) is 0 Å². The van der Waals surface area contributed by atoms with E-state index in [9.17, 15) is 24.3 Å². The van der Waals surface area contributed by atoms with Crippen molar-refractivity contribution in [3.8, 4) is 0 Å². The highest BCUT2D eigenvalue weighted by atomic mass is 16.4. The van der Waals surface area contributed by atoms with Gasteiger partial charge in [-0.05, 0) is 12.8 Å². The van der Waals surface area contributed by atoms with Crippen molar-refractivity contribution in [3.63, 3.8) is 0 Å². The van der Waals surface area contributed by atoms with E-state index in [2.05, 4.69) is 5.32 Å². The molecule has 2 heterocycles. The lowest BCUT2D eigenvalue weighted by Crippen LogP contribution is -2.53. The molecule has 8 nitrogen and oxygen atoms in total. The summed E-state index contributed by atoms with van der Waals surface area (Å²) in [7, 11) is 1.36. The van der Waals surface area contributed by atoms with Crippen molar-refractivity contribution in [2.45, 2.75) is 44.2 Å². The second-order valence-corrected chi connectivity index (χ2v) is 5.39. The summed E-state index contributed by atoms with van der Waals surface area (Å²) in [5.74, 6) is -1.86. The third kappa shape index (κ3) is 3.14. The lowest BCUT2D eigenvalue weighted by atomic mass is 10.1. The van der Waals surface area contributed by atoms with Crippen LogP contribution in [0.15, 0.2) is 0 Å². The van der Waals surface area contributed by atoms with Crippen molar-refractivity contribution >= 4 is 23.8 Å². The number of hydrogen-bond acceptors (Lipinski definition) is 4. The van der Waals surface area contributed by atoms with Crippen molar-refractivity contribution in [1.82, 2.24) is 15.1 Å². The van der Waals surface area contributed by atoms with Gasteiger partial charge in [-0.2, -0.15) is 0 Å². The first-order chi connectivity index (χ1) is 9.91. The number of imide groups is 1. The van der Waals surface area contributed by atoms with E-state index in [0.717, 1.165) is 24.2 Å². The SMILES string of the molecule is CN1C(=O)CC(NC(=O)N2CCCCCC2C(=O)O)C1=O. The van der Waals surface area contributed by atoms with Crippen molar-refractivity contribution in [3.05, 3.63) is 0 Å². The van der Waals surface area contributed by atoms with Crippen LogP contribution in [0.25, 0.3) is 0 Å². The summed E-state index contributed by atoms with van der Waals surface area (Å²) in [5, 5.41) is 11.7. The molecule has 8 heteroatoms. The van der Waals surface area contributed by atoms with Gasteiger partial charge in [0.25, 0.3) is 5.91 Å². The number of urea groups is 1. The molecule has 0 aromatic heterocycles. The third-order valence-corrected chi connectivity index (χ3v) is 3.98. The fourth-order valence-electron chi connectivity index (χ4n) is 2.71. The number of likely N-dealkylation sites (tertiary alicyclic amines) is 2. The van der Waals surface area contributed by atoms with Gasteiger partial charge >= 0.3 is 12.0 Å². The number of carbonyl (C=O) groups is 4. The molecular formula is C13H19N3O5. The monoisotopic (exact) mass is 297 g/mol.